The van der Waals surface area contributed by atoms with Crippen LogP contribution in [0.5, 0.6) is 0 Å². The Balaban J connectivity index is 3.32. The molecule has 4 heteroatoms. The third kappa shape index (κ3) is 2.41. The number of guanidine groups is 1. The standard InChI is InChI=1S/C4H11N3O/c1-2-3-7(8)4(5)6/h8H,2-3H2,1H3,(H3,5,6). The summed E-state index contributed by atoms with van der Waals surface area (Å²) in [6.45, 7) is 2.32. The predicted octanol–water partition coefficient (Wildman–Crippen LogP) is -0.0189. The lowest BCUT2D eigenvalue weighted by atomic mass is 10.5. The second kappa shape index (κ2) is 3.26. The van der Waals surface area contributed by atoms with Crippen molar-refractivity contribution in [3.8, 4) is 0 Å². The van der Waals surface area contributed by atoms with Crippen LogP contribution in [0.15, 0.2) is 0 Å². The van der Waals surface area contributed by atoms with Crippen LogP contribution in [0.25, 0.3) is 0 Å². The van der Waals surface area contributed by atoms with E-state index < -0.39 is 0 Å². The number of rotatable bonds is 2. The van der Waals surface area contributed by atoms with E-state index >= 15 is 0 Å². The van der Waals surface area contributed by atoms with Crippen LogP contribution in [0.4, 0.5) is 0 Å². The first-order valence-electron chi connectivity index (χ1n) is 2.49. The molecule has 0 fully saturated rings. The van der Waals surface area contributed by atoms with Crippen LogP contribution in [-0.2, 0) is 0 Å². The van der Waals surface area contributed by atoms with Crippen molar-refractivity contribution in [3.05, 3.63) is 0 Å². The second-order valence-corrected chi connectivity index (χ2v) is 1.51. The van der Waals surface area contributed by atoms with Crippen molar-refractivity contribution in [1.82, 2.24) is 5.06 Å². The highest BCUT2D eigenvalue weighted by Gasteiger charge is 1.96. The van der Waals surface area contributed by atoms with Crippen molar-refractivity contribution >= 4 is 5.96 Å². The Morgan fingerprint density at radius 2 is 2.38 bits per heavy atom. The van der Waals surface area contributed by atoms with Crippen LogP contribution >= 0.6 is 0 Å². The lowest BCUT2D eigenvalue weighted by Gasteiger charge is -2.11. The molecular weight excluding hydrogens is 106 g/mol. The summed E-state index contributed by atoms with van der Waals surface area (Å²) >= 11 is 0. The molecule has 0 rings (SSSR count). The van der Waals surface area contributed by atoms with Crippen LogP contribution in [0, 0.1) is 5.41 Å². The smallest absolute Gasteiger partial charge is 0.212 e. The Labute approximate surface area is 48.4 Å². The molecule has 0 amide bonds. The van der Waals surface area contributed by atoms with Gasteiger partial charge >= 0.3 is 0 Å². The average Bonchev–Trinajstić information content (AvgIpc) is 1.67. The maximum absolute atomic E-state index is 8.61. The predicted molar refractivity (Wildman–Crippen MR) is 30.7 cm³/mol. The summed E-state index contributed by atoms with van der Waals surface area (Å²) in [4.78, 5) is 0. The van der Waals surface area contributed by atoms with Crippen molar-refractivity contribution in [2.24, 2.45) is 5.73 Å². The molecule has 0 unspecified atom stereocenters. The summed E-state index contributed by atoms with van der Waals surface area (Å²) in [5, 5.41) is 16.0. The van der Waals surface area contributed by atoms with E-state index in [0.29, 0.717) is 11.6 Å². The fourth-order valence-electron chi connectivity index (χ4n) is 0.332. The molecular formula is C4H11N3O. The van der Waals surface area contributed by atoms with Crippen LogP contribution < -0.4 is 5.73 Å². The largest absolute Gasteiger partial charge is 0.368 e. The molecule has 0 aromatic rings. The monoisotopic (exact) mass is 117 g/mol. The quantitative estimate of drug-likeness (QED) is 0.270. The van der Waals surface area contributed by atoms with Crippen LogP contribution in [0.1, 0.15) is 13.3 Å². The molecule has 0 aliphatic carbocycles. The number of hydrogen-bond donors (Lipinski definition) is 3. The molecule has 0 saturated carbocycles. The summed E-state index contributed by atoms with van der Waals surface area (Å²) < 4.78 is 0. The first-order chi connectivity index (χ1) is 3.68. The van der Waals surface area contributed by atoms with E-state index in [1.807, 2.05) is 6.92 Å². The van der Waals surface area contributed by atoms with Gasteiger partial charge in [-0.15, -0.1) is 0 Å². The summed E-state index contributed by atoms with van der Waals surface area (Å²) in [6.07, 6.45) is 0.788. The molecule has 0 spiro atoms. The molecule has 48 valence electrons. The Bertz CT molecular complexity index is 83.4. The van der Waals surface area contributed by atoms with E-state index in [-0.39, 0.29) is 5.96 Å². The van der Waals surface area contributed by atoms with Gasteiger partial charge in [0, 0.05) is 6.54 Å². The molecule has 4 nitrogen and oxygen atoms in total. The highest BCUT2D eigenvalue weighted by Crippen LogP contribution is 1.81. The minimum atomic E-state index is -0.299. The molecule has 0 bridgehead atoms. The van der Waals surface area contributed by atoms with E-state index in [0.717, 1.165) is 6.42 Å². The molecule has 0 heterocycles. The molecule has 0 atom stereocenters. The van der Waals surface area contributed by atoms with Gasteiger partial charge in [-0.05, 0) is 6.42 Å². The van der Waals surface area contributed by atoms with E-state index in [4.69, 9.17) is 16.4 Å². The van der Waals surface area contributed by atoms with Gasteiger partial charge in [-0.1, -0.05) is 6.92 Å². The molecule has 0 aliphatic rings. The van der Waals surface area contributed by atoms with Crippen LogP contribution in [0.2, 0.25) is 0 Å². The Hall–Kier alpha value is -0.770. The number of nitrogens with two attached hydrogens (primary N) is 1. The van der Waals surface area contributed by atoms with Gasteiger partial charge in [-0.25, -0.2) is 5.06 Å². The summed E-state index contributed by atoms with van der Waals surface area (Å²) in [5.41, 5.74) is 4.88. The van der Waals surface area contributed by atoms with Gasteiger partial charge in [0.05, 0.1) is 0 Å². The van der Waals surface area contributed by atoms with Gasteiger partial charge in [0.25, 0.3) is 0 Å². The highest BCUT2D eigenvalue weighted by atomic mass is 16.5. The Morgan fingerprint density at radius 1 is 1.88 bits per heavy atom. The van der Waals surface area contributed by atoms with E-state index in [9.17, 15) is 0 Å². The SMILES string of the molecule is CCCN(O)C(=N)N. The number of nitrogens with zero attached hydrogens (tertiary/aromatic N) is 1. The van der Waals surface area contributed by atoms with Crippen LogP contribution in [0.3, 0.4) is 0 Å². The zero-order valence-electron chi connectivity index (χ0n) is 4.89. The highest BCUT2D eigenvalue weighted by molar-refractivity contribution is 5.73. The van der Waals surface area contributed by atoms with Crippen molar-refractivity contribution in [1.29, 1.82) is 5.41 Å². The molecule has 4 N–H and O–H groups in total. The van der Waals surface area contributed by atoms with E-state index in [1.165, 1.54) is 0 Å². The molecule has 0 aromatic carbocycles. The third-order valence-corrected chi connectivity index (χ3v) is 0.713. The van der Waals surface area contributed by atoms with E-state index in [1.54, 1.807) is 0 Å². The minimum Gasteiger partial charge on any atom is -0.368 e. The molecule has 0 aliphatic heterocycles. The maximum atomic E-state index is 8.61. The fraction of sp³-hybridized carbons (Fsp3) is 0.750. The number of nitrogens with one attached hydrogen (secondary N) is 1. The first kappa shape index (κ1) is 7.23. The zero-order valence-corrected chi connectivity index (χ0v) is 4.89. The molecule has 0 saturated heterocycles. The van der Waals surface area contributed by atoms with Crippen LogP contribution in [-0.4, -0.2) is 22.8 Å². The van der Waals surface area contributed by atoms with Gasteiger partial charge in [0.2, 0.25) is 5.96 Å². The average molecular weight is 117 g/mol. The number of hydroxylamine groups is 2. The summed E-state index contributed by atoms with van der Waals surface area (Å²) in [7, 11) is 0. The topological polar surface area (TPSA) is 73.3 Å². The summed E-state index contributed by atoms with van der Waals surface area (Å²) in [6, 6.07) is 0. The maximum Gasteiger partial charge on any atom is 0.212 e. The van der Waals surface area contributed by atoms with Crippen molar-refractivity contribution in [3.63, 3.8) is 0 Å². The Kier molecular flexibility index (Phi) is 2.95. The van der Waals surface area contributed by atoms with Crippen molar-refractivity contribution in [2.45, 2.75) is 13.3 Å². The normalized spacial score (nSPS) is 8.75. The van der Waals surface area contributed by atoms with Gasteiger partial charge in [0.1, 0.15) is 0 Å². The van der Waals surface area contributed by atoms with Gasteiger partial charge in [-0.2, -0.15) is 0 Å². The zero-order chi connectivity index (χ0) is 6.57. The fourth-order valence-corrected chi connectivity index (χ4v) is 0.332. The summed E-state index contributed by atoms with van der Waals surface area (Å²) in [5.74, 6) is -0.299. The Morgan fingerprint density at radius 3 is 2.50 bits per heavy atom. The lowest BCUT2D eigenvalue weighted by Crippen LogP contribution is -2.33. The minimum absolute atomic E-state index is 0.299. The number of hydrogen-bond acceptors (Lipinski definition) is 2. The van der Waals surface area contributed by atoms with Crippen molar-refractivity contribution in [2.75, 3.05) is 6.54 Å². The van der Waals surface area contributed by atoms with Crippen molar-refractivity contribution < 1.29 is 5.21 Å². The molecule has 0 radical (unpaired) electrons. The van der Waals surface area contributed by atoms with Gasteiger partial charge in [-0.3, -0.25) is 10.6 Å². The van der Waals surface area contributed by atoms with Gasteiger partial charge < -0.3 is 5.73 Å². The third-order valence-electron chi connectivity index (χ3n) is 0.713. The lowest BCUT2D eigenvalue weighted by molar-refractivity contribution is -0.0167. The second-order valence-electron chi connectivity index (χ2n) is 1.51. The van der Waals surface area contributed by atoms with Gasteiger partial charge in [0.15, 0.2) is 0 Å². The first-order valence-corrected chi connectivity index (χ1v) is 2.49. The molecule has 0 aromatic heterocycles. The molecule has 8 heavy (non-hydrogen) atoms. The van der Waals surface area contributed by atoms with E-state index in [2.05, 4.69) is 0 Å².